The minimum absolute atomic E-state index is 0.144. The number of benzene rings is 1. The highest BCUT2D eigenvalue weighted by molar-refractivity contribution is 5.99. The summed E-state index contributed by atoms with van der Waals surface area (Å²) >= 11 is 0. The topological polar surface area (TPSA) is 40.6 Å². The van der Waals surface area contributed by atoms with Crippen LogP contribution in [0.15, 0.2) is 24.3 Å². The van der Waals surface area contributed by atoms with Crippen LogP contribution in [0.3, 0.4) is 0 Å². The summed E-state index contributed by atoms with van der Waals surface area (Å²) in [5.74, 6) is 0.167. The van der Waals surface area contributed by atoms with E-state index in [2.05, 4.69) is 6.07 Å². The van der Waals surface area contributed by atoms with Crippen molar-refractivity contribution in [3.8, 4) is 0 Å². The third kappa shape index (κ3) is 2.64. The minimum Gasteiger partial charge on any atom is -0.339 e. The van der Waals surface area contributed by atoms with E-state index < -0.39 is 0 Å². The number of para-hydroxylation sites is 1. The highest BCUT2D eigenvalue weighted by Crippen LogP contribution is 2.33. The van der Waals surface area contributed by atoms with Crippen LogP contribution in [0.25, 0.3) is 0 Å². The molecule has 2 aliphatic heterocycles. The van der Waals surface area contributed by atoms with E-state index in [1.54, 1.807) is 0 Å². The van der Waals surface area contributed by atoms with Gasteiger partial charge in [-0.25, -0.2) is 0 Å². The highest BCUT2D eigenvalue weighted by atomic mass is 16.2. The average Bonchev–Trinajstić information content (AvgIpc) is 3.23. The van der Waals surface area contributed by atoms with E-state index >= 15 is 0 Å². The lowest BCUT2D eigenvalue weighted by atomic mass is 9.99. The Morgan fingerprint density at radius 3 is 2.70 bits per heavy atom. The van der Waals surface area contributed by atoms with Crippen LogP contribution in [0.4, 0.5) is 5.69 Å². The SMILES string of the molecule is O=C([C@H]1CC(=O)N(C2CCCC2)C1)N1CCCc2ccccc21. The number of likely N-dealkylation sites (tertiary alicyclic amines) is 1. The second-order valence-corrected chi connectivity index (χ2v) is 7.11. The van der Waals surface area contributed by atoms with E-state index in [1.807, 2.05) is 28.0 Å². The van der Waals surface area contributed by atoms with Gasteiger partial charge in [0.2, 0.25) is 11.8 Å². The molecule has 1 aromatic rings. The Kier molecular flexibility index (Phi) is 3.83. The lowest BCUT2D eigenvalue weighted by Crippen LogP contribution is -2.41. The van der Waals surface area contributed by atoms with E-state index in [0.717, 1.165) is 37.9 Å². The number of carbonyl (C=O) groups is 2. The number of amides is 2. The largest absolute Gasteiger partial charge is 0.339 e. The highest BCUT2D eigenvalue weighted by Gasteiger charge is 2.40. The van der Waals surface area contributed by atoms with Gasteiger partial charge in [-0.2, -0.15) is 0 Å². The van der Waals surface area contributed by atoms with Crippen molar-refractivity contribution < 1.29 is 9.59 Å². The van der Waals surface area contributed by atoms with Crippen molar-refractivity contribution in [3.05, 3.63) is 29.8 Å². The van der Waals surface area contributed by atoms with Crippen molar-refractivity contribution in [1.82, 2.24) is 4.90 Å². The van der Waals surface area contributed by atoms with Crippen molar-refractivity contribution in [3.63, 3.8) is 0 Å². The Morgan fingerprint density at radius 2 is 1.87 bits per heavy atom. The summed E-state index contributed by atoms with van der Waals surface area (Å²) in [5.41, 5.74) is 2.31. The van der Waals surface area contributed by atoms with Crippen molar-refractivity contribution in [2.24, 2.45) is 5.92 Å². The van der Waals surface area contributed by atoms with E-state index in [-0.39, 0.29) is 17.7 Å². The molecule has 0 spiro atoms. The Morgan fingerprint density at radius 1 is 1.09 bits per heavy atom. The van der Waals surface area contributed by atoms with E-state index in [1.165, 1.54) is 18.4 Å². The quantitative estimate of drug-likeness (QED) is 0.842. The van der Waals surface area contributed by atoms with E-state index in [9.17, 15) is 9.59 Å². The van der Waals surface area contributed by atoms with Gasteiger partial charge in [-0.15, -0.1) is 0 Å². The normalized spacial score (nSPS) is 25.0. The fraction of sp³-hybridized carbons (Fsp3) is 0.579. The summed E-state index contributed by atoms with van der Waals surface area (Å²) < 4.78 is 0. The second kappa shape index (κ2) is 5.99. The summed E-state index contributed by atoms with van der Waals surface area (Å²) in [4.78, 5) is 29.3. The summed E-state index contributed by atoms with van der Waals surface area (Å²) in [7, 11) is 0. The first-order valence-electron chi connectivity index (χ1n) is 8.93. The fourth-order valence-corrected chi connectivity index (χ4v) is 4.45. The van der Waals surface area contributed by atoms with Crippen LogP contribution in [0.1, 0.15) is 44.1 Å². The maximum Gasteiger partial charge on any atom is 0.232 e. The molecule has 4 rings (SSSR count). The summed E-state index contributed by atoms with van der Waals surface area (Å²) in [5, 5.41) is 0. The first-order chi connectivity index (χ1) is 11.2. The van der Waals surface area contributed by atoms with Gasteiger partial charge < -0.3 is 9.80 Å². The molecule has 2 fully saturated rings. The van der Waals surface area contributed by atoms with Crippen molar-refractivity contribution >= 4 is 17.5 Å². The van der Waals surface area contributed by atoms with Crippen molar-refractivity contribution in [2.75, 3.05) is 18.0 Å². The molecule has 1 aliphatic carbocycles. The Labute approximate surface area is 137 Å². The Bertz CT molecular complexity index is 622. The number of hydrogen-bond donors (Lipinski definition) is 0. The molecule has 2 heterocycles. The number of fused-ring (bicyclic) bond motifs is 1. The molecule has 0 unspecified atom stereocenters. The first-order valence-corrected chi connectivity index (χ1v) is 8.93. The molecular weight excluding hydrogens is 288 g/mol. The summed E-state index contributed by atoms with van der Waals surface area (Å²) in [6.07, 6.45) is 7.10. The predicted octanol–water partition coefficient (Wildman–Crippen LogP) is 2.76. The number of rotatable bonds is 2. The lowest BCUT2D eigenvalue weighted by Gasteiger charge is -2.31. The van der Waals surface area contributed by atoms with Gasteiger partial charge in [0.1, 0.15) is 0 Å². The zero-order valence-corrected chi connectivity index (χ0v) is 13.5. The van der Waals surface area contributed by atoms with Crippen LogP contribution < -0.4 is 4.90 Å². The molecule has 3 aliphatic rings. The van der Waals surface area contributed by atoms with Crippen LogP contribution in [0, 0.1) is 5.92 Å². The van der Waals surface area contributed by atoms with Crippen LogP contribution in [-0.2, 0) is 16.0 Å². The first kappa shape index (κ1) is 14.7. The van der Waals surface area contributed by atoms with E-state index in [0.29, 0.717) is 19.0 Å². The van der Waals surface area contributed by atoms with Gasteiger partial charge in [0, 0.05) is 31.2 Å². The third-order valence-electron chi connectivity index (χ3n) is 5.65. The number of nitrogens with zero attached hydrogens (tertiary/aromatic N) is 2. The fourth-order valence-electron chi connectivity index (χ4n) is 4.45. The number of carbonyl (C=O) groups excluding carboxylic acids is 2. The molecular formula is C19H24N2O2. The van der Waals surface area contributed by atoms with Gasteiger partial charge in [-0.1, -0.05) is 31.0 Å². The van der Waals surface area contributed by atoms with Crippen molar-refractivity contribution in [1.29, 1.82) is 0 Å². The smallest absolute Gasteiger partial charge is 0.232 e. The van der Waals surface area contributed by atoms with Gasteiger partial charge in [0.15, 0.2) is 0 Å². The molecule has 4 nitrogen and oxygen atoms in total. The predicted molar refractivity (Wildman–Crippen MR) is 89.2 cm³/mol. The summed E-state index contributed by atoms with van der Waals surface area (Å²) in [6, 6.07) is 8.56. The van der Waals surface area contributed by atoms with Gasteiger partial charge in [-0.3, -0.25) is 9.59 Å². The minimum atomic E-state index is -0.158. The zero-order valence-electron chi connectivity index (χ0n) is 13.5. The van der Waals surface area contributed by atoms with Crippen LogP contribution in [0.2, 0.25) is 0 Å². The third-order valence-corrected chi connectivity index (χ3v) is 5.65. The van der Waals surface area contributed by atoms with Gasteiger partial charge in [0.05, 0.1) is 5.92 Å². The van der Waals surface area contributed by atoms with Crippen LogP contribution >= 0.6 is 0 Å². The van der Waals surface area contributed by atoms with Gasteiger partial charge >= 0.3 is 0 Å². The van der Waals surface area contributed by atoms with Gasteiger partial charge in [-0.05, 0) is 37.3 Å². The molecule has 2 amide bonds. The van der Waals surface area contributed by atoms with Crippen molar-refractivity contribution in [2.45, 2.75) is 51.0 Å². The molecule has 1 aromatic carbocycles. The molecule has 1 saturated heterocycles. The van der Waals surface area contributed by atoms with E-state index in [4.69, 9.17) is 0 Å². The molecule has 0 aromatic heterocycles. The average molecular weight is 312 g/mol. The van der Waals surface area contributed by atoms with Crippen LogP contribution in [-0.4, -0.2) is 35.8 Å². The number of aryl methyl sites for hydroxylation is 1. The molecule has 4 heteroatoms. The second-order valence-electron chi connectivity index (χ2n) is 7.11. The van der Waals surface area contributed by atoms with Gasteiger partial charge in [0.25, 0.3) is 0 Å². The monoisotopic (exact) mass is 312 g/mol. The molecule has 1 atom stereocenters. The Balaban J connectivity index is 1.51. The molecule has 0 N–H and O–H groups in total. The number of anilines is 1. The molecule has 0 radical (unpaired) electrons. The molecule has 1 saturated carbocycles. The number of hydrogen-bond acceptors (Lipinski definition) is 2. The maximum atomic E-state index is 13.0. The Hall–Kier alpha value is -1.84. The molecule has 23 heavy (non-hydrogen) atoms. The van der Waals surface area contributed by atoms with Crippen LogP contribution in [0.5, 0.6) is 0 Å². The zero-order chi connectivity index (χ0) is 15.8. The standard InChI is InChI=1S/C19H24N2O2/c22-18-12-15(13-21(18)16-8-2-3-9-16)19(23)20-11-5-7-14-6-1-4-10-17(14)20/h1,4,6,10,15-16H,2-3,5,7-9,11-13H2/t15-/m0/s1. The molecule has 0 bridgehead atoms. The lowest BCUT2D eigenvalue weighted by molar-refractivity contribution is -0.130. The molecule has 122 valence electrons. The maximum absolute atomic E-state index is 13.0. The summed E-state index contributed by atoms with van der Waals surface area (Å²) in [6.45, 7) is 1.41.